The highest BCUT2D eigenvalue weighted by Crippen LogP contribution is 2.27. The standard InChI is InChI=1S/C17H25N3O3.ClH/c1-2-12-8-9-14(10-16(12)20(22)23)17(21)19-15(11-18)13-6-4-3-5-7-13;/h8-10,13,15H,2-7,11,18H2,1H3,(H,19,21);1H. The number of benzene rings is 1. The predicted octanol–water partition coefficient (Wildman–Crippen LogP) is 3.22. The minimum Gasteiger partial charge on any atom is -0.348 e. The highest BCUT2D eigenvalue weighted by molar-refractivity contribution is 5.95. The summed E-state index contributed by atoms with van der Waals surface area (Å²) in [4.78, 5) is 23.1. The van der Waals surface area contributed by atoms with Crippen molar-refractivity contribution in [2.75, 3.05) is 6.54 Å². The summed E-state index contributed by atoms with van der Waals surface area (Å²) in [5.41, 5.74) is 6.79. The van der Waals surface area contributed by atoms with Gasteiger partial charge in [0.1, 0.15) is 0 Å². The molecule has 1 aromatic carbocycles. The number of carbonyl (C=O) groups is 1. The Morgan fingerprint density at radius 1 is 1.38 bits per heavy atom. The van der Waals surface area contributed by atoms with Gasteiger partial charge in [0.15, 0.2) is 0 Å². The Bertz CT molecular complexity index is 574. The molecule has 0 bridgehead atoms. The monoisotopic (exact) mass is 355 g/mol. The Morgan fingerprint density at radius 3 is 2.58 bits per heavy atom. The van der Waals surface area contributed by atoms with Crippen molar-refractivity contribution in [2.24, 2.45) is 11.7 Å². The fourth-order valence-corrected chi connectivity index (χ4v) is 3.33. The van der Waals surface area contributed by atoms with Gasteiger partial charge in [-0.25, -0.2) is 0 Å². The van der Waals surface area contributed by atoms with E-state index in [1.165, 1.54) is 25.3 Å². The van der Waals surface area contributed by atoms with Crippen molar-refractivity contribution in [1.82, 2.24) is 5.32 Å². The van der Waals surface area contributed by atoms with Gasteiger partial charge >= 0.3 is 0 Å². The van der Waals surface area contributed by atoms with Crippen molar-refractivity contribution in [3.63, 3.8) is 0 Å². The summed E-state index contributed by atoms with van der Waals surface area (Å²) in [5.74, 6) is 0.124. The molecule has 0 heterocycles. The number of nitro groups is 1. The maximum atomic E-state index is 12.4. The lowest BCUT2D eigenvalue weighted by Crippen LogP contribution is -2.45. The van der Waals surface area contributed by atoms with Gasteiger partial charge in [0.2, 0.25) is 0 Å². The predicted molar refractivity (Wildman–Crippen MR) is 96.6 cm³/mol. The summed E-state index contributed by atoms with van der Waals surface area (Å²) in [6, 6.07) is 4.61. The zero-order chi connectivity index (χ0) is 16.8. The van der Waals surface area contributed by atoms with Crippen LogP contribution in [0.5, 0.6) is 0 Å². The average molecular weight is 356 g/mol. The van der Waals surface area contributed by atoms with Gasteiger partial charge in [-0.05, 0) is 31.2 Å². The van der Waals surface area contributed by atoms with Gasteiger partial charge in [-0.2, -0.15) is 0 Å². The van der Waals surface area contributed by atoms with Crippen LogP contribution in [0.4, 0.5) is 5.69 Å². The van der Waals surface area contributed by atoms with E-state index in [0.29, 0.717) is 30.0 Å². The van der Waals surface area contributed by atoms with E-state index >= 15 is 0 Å². The van der Waals surface area contributed by atoms with Gasteiger partial charge in [0.05, 0.1) is 4.92 Å². The molecule has 1 saturated carbocycles. The number of hydrogen-bond acceptors (Lipinski definition) is 4. The van der Waals surface area contributed by atoms with Crippen molar-refractivity contribution in [3.05, 3.63) is 39.4 Å². The van der Waals surface area contributed by atoms with E-state index in [1.54, 1.807) is 12.1 Å². The van der Waals surface area contributed by atoms with Crippen LogP contribution in [-0.2, 0) is 6.42 Å². The van der Waals surface area contributed by atoms with Crippen LogP contribution in [0.25, 0.3) is 0 Å². The van der Waals surface area contributed by atoms with Crippen LogP contribution in [0.15, 0.2) is 18.2 Å². The second kappa shape index (κ2) is 9.59. The largest absolute Gasteiger partial charge is 0.348 e. The summed E-state index contributed by atoms with van der Waals surface area (Å²) in [6.07, 6.45) is 6.31. The molecule has 2 rings (SSSR count). The summed E-state index contributed by atoms with van der Waals surface area (Å²) < 4.78 is 0. The Hall–Kier alpha value is -1.66. The molecule has 24 heavy (non-hydrogen) atoms. The van der Waals surface area contributed by atoms with Gasteiger partial charge in [-0.15, -0.1) is 12.4 Å². The highest BCUT2D eigenvalue weighted by Gasteiger charge is 2.25. The topological polar surface area (TPSA) is 98.3 Å². The molecule has 134 valence electrons. The van der Waals surface area contributed by atoms with Crippen molar-refractivity contribution in [1.29, 1.82) is 0 Å². The number of rotatable bonds is 6. The first-order valence-corrected chi connectivity index (χ1v) is 8.35. The first kappa shape index (κ1) is 20.4. The summed E-state index contributed by atoms with van der Waals surface area (Å²) >= 11 is 0. The molecule has 1 unspecified atom stereocenters. The normalized spacial score (nSPS) is 16.1. The molecule has 0 radical (unpaired) electrons. The van der Waals surface area contributed by atoms with Gasteiger partial charge in [0, 0.05) is 29.8 Å². The number of hydrogen-bond donors (Lipinski definition) is 2. The number of amides is 1. The molecule has 0 saturated heterocycles. The van der Waals surface area contributed by atoms with Crippen LogP contribution in [-0.4, -0.2) is 23.4 Å². The van der Waals surface area contributed by atoms with Crippen molar-refractivity contribution >= 4 is 24.0 Å². The Labute approximate surface area is 148 Å². The minimum absolute atomic E-state index is 0. The molecule has 7 heteroatoms. The lowest BCUT2D eigenvalue weighted by Gasteiger charge is -2.30. The van der Waals surface area contributed by atoms with Crippen LogP contribution in [0.1, 0.15) is 54.9 Å². The van der Waals surface area contributed by atoms with E-state index in [9.17, 15) is 14.9 Å². The third-order valence-corrected chi connectivity index (χ3v) is 4.71. The highest BCUT2D eigenvalue weighted by atomic mass is 35.5. The van der Waals surface area contributed by atoms with Crippen molar-refractivity contribution in [3.8, 4) is 0 Å². The van der Waals surface area contributed by atoms with Gasteiger partial charge < -0.3 is 11.1 Å². The lowest BCUT2D eigenvalue weighted by molar-refractivity contribution is -0.385. The van der Waals surface area contributed by atoms with Crippen LogP contribution in [0, 0.1) is 16.0 Å². The molecule has 0 aromatic heterocycles. The van der Waals surface area contributed by atoms with E-state index in [4.69, 9.17) is 5.73 Å². The lowest BCUT2D eigenvalue weighted by atomic mass is 9.84. The Morgan fingerprint density at radius 2 is 2.04 bits per heavy atom. The quantitative estimate of drug-likeness (QED) is 0.604. The molecule has 6 nitrogen and oxygen atoms in total. The number of halogens is 1. The molecular formula is C17H26ClN3O3. The number of carbonyl (C=O) groups excluding carboxylic acids is 1. The zero-order valence-corrected chi connectivity index (χ0v) is 14.8. The van der Waals surface area contributed by atoms with Gasteiger partial charge in [0.25, 0.3) is 11.6 Å². The summed E-state index contributed by atoms with van der Waals surface area (Å²) in [6.45, 7) is 2.25. The number of aryl methyl sites for hydroxylation is 1. The molecule has 0 aliphatic heterocycles. The third-order valence-electron chi connectivity index (χ3n) is 4.71. The molecule has 3 N–H and O–H groups in total. The first-order valence-electron chi connectivity index (χ1n) is 8.35. The summed E-state index contributed by atoms with van der Waals surface area (Å²) in [7, 11) is 0. The maximum absolute atomic E-state index is 12.4. The molecule has 1 aliphatic rings. The van der Waals surface area contributed by atoms with Gasteiger partial charge in [-0.3, -0.25) is 14.9 Å². The third kappa shape index (κ3) is 4.92. The zero-order valence-electron chi connectivity index (χ0n) is 14.0. The van der Waals surface area contributed by atoms with E-state index in [-0.39, 0.29) is 30.0 Å². The Balaban J connectivity index is 0.00000288. The van der Waals surface area contributed by atoms with E-state index in [2.05, 4.69) is 5.32 Å². The Kier molecular flexibility index (Phi) is 8.15. The fourth-order valence-electron chi connectivity index (χ4n) is 3.33. The van der Waals surface area contributed by atoms with Crippen LogP contribution < -0.4 is 11.1 Å². The van der Waals surface area contributed by atoms with E-state index in [1.807, 2.05) is 6.92 Å². The molecule has 1 fully saturated rings. The first-order chi connectivity index (χ1) is 11.1. The van der Waals surface area contributed by atoms with E-state index < -0.39 is 4.92 Å². The van der Waals surface area contributed by atoms with Gasteiger partial charge in [-0.1, -0.05) is 32.3 Å². The second-order valence-corrected chi connectivity index (χ2v) is 6.17. The molecule has 1 atom stereocenters. The smallest absolute Gasteiger partial charge is 0.273 e. The fraction of sp³-hybridized carbons (Fsp3) is 0.588. The van der Waals surface area contributed by atoms with Crippen molar-refractivity contribution < 1.29 is 9.72 Å². The average Bonchev–Trinajstić information content (AvgIpc) is 2.59. The van der Waals surface area contributed by atoms with E-state index in [0.717, 1.165) is 12.8 Å². The molecule has 1 aliphatic carbocycles. The number of nitro benzene ring substituents is 1. The maximum Gasteiger partial charge on any atom is 0.273 e. The SMILES string of the molecule is CCc1ccc(C(=O)NC(CN)C2CCCCC2)cc1[N+](=O)[O-].Cl. The summed E-state index contributed by atoms with van der Waals surface area (Å²) in [5, 5.41) is 14.1. The molecule has 0 spiro atoms. The number of nitrogens with zero attached hydrogens (tertiary/aromatic N) is 1. The molecule has 1 amide bonds. The molecular weight excluding hydrogens is 330 g/mol. The second-order valence-electron chi connectivity index (χ2n) is 6.17. The number of nitrogens with two attached hydrogens (primary N) is 1. The van der Waals surface area contributed by atoms with Crippen LogP contribution >= 0.6 is 12.4 Å². The number of nitrogens with one attached hydrogen (secondary N) is 1. The van der Waals surface area contributed by atoms with Crippen molar-refractivity contribution in [2.45, 2.75) is 51.5 Å². The minimum atomic E-state index is -0.433. The van der Waals surface area contributed by atoms with Crippen LogP contribution in [0.2, 0.25) is 0 Å². The molecule has 1 aromatic rings. The van der Waals surface area contributed by atoms with Crippen LogP contribution in [0.3, 0.4) is 0 Å².